The average molecular weight is 393 g/mol. The number of carbonyl (C=O) groups is 2. The van der Waals surface area contributed by atoms with Crippen molar-refractivity contribution in [1.82, 2.24) is 14.3 Å². The lowest BCUT2D eigenvalue weighted by Gasteiger charge is -2.05. The van der Waals surface area contributed by atoms with E-state index in [1.54, 1.807) is 46.6 Å². The van der Waals surface area contributed by atoms with E-state index in [4.69, 9.17) is 16.3 Å². The van der Waals surface area contributed by atoms with Crippen LogP contribution in [0.4, 0.5) is 0 Å². The number of ether oxygens (including phenoxy) is 1. The van der Waals surface area contributed by atoms with Crippen molar-refractivity contribution in [3.05, 3.63) is 46.0 Å². The van der Waals surface area contributed by atoms with Gasteiger partial charge in [0.05, 0.1) is 16.8 Å². The number of thiazole rings is 1. The third kappa shape index (κ3) is 3.71. The van der Waals surface area contributed by atoms with E-state index in [1.165, 1.54) is 11.3 Å². The number of fused-ring (bicyclic) bond motifs is 1. The van der Waals surface area contributed by atoms with E-state index in [2.05, 4.69) is 10.1 Å². The minimum atomic E-state index is -0.417. The van der Waals surface area contributed by atoms with Crippen molar-refractivity contribution in [3.8, 4) is 0 Å². The lowest BCUT2D eigenvalue weighted by atomic mass is 10.3. The van der Waals surface area contributed by atoms with Crippen LogP contribution in [-0.4, -0.2) is 32.8 Å². The standard InChI is InChI=1S/C17H17ClN4O3S/c1-3-22-13(7-8-19-22)16(24)20-17-21(10-15(23)25-4-2)12-6-5-11(18)9-14(12)26-17/h5-9H,3-4,10H2,1-2H3. The molecule has 0 bridgehead atoms. The Balaban J connectivity index is 2.11. The van der Waals surface area contributed by atoms with Gasteiger partial charge in [-0.25, -0.2) is 0 Å². The molecule has 0 saturated heterocycles. The number of aromatic nitrogens is 3. The minimum absolute atomic E-state index is 0.0331. The molecule has 136 valence electrons. The Hall–Kier alpha value is -2.45. The topological polar surface area (TPSA) is 78.5 Å². The molecular weight excluding hydrogens is 376 g/mol. The Labute approximate surface area is 158 Å². The maximum absolute atomic E-state index is 12.6. The van der Waals surface area contributed by atoms with Gasteiger partial charge in [-0.15, -0.1) is 0 Å². The molecule has 0 aliphatic rings. The predicted octanol–water partition coefficient (Wildman–Crippen LogP) is 2.88. The fraction of sp³-hybridized carbons (Fsp3) is 0.294. The summed E-state index contributed by atoms with van der Waals surface area (Å²) in [7, 11) is 0. The zero-order chi connectivity index (χ0) is 18.7. The summed E-state index contributed by atoms with van der Waals surface area (Å²) in [5.74, 6) is -0.811. The molecule has 9 heteroatoms. The second-order valence-electron chi connectivity index (χ2n) is 5.34. The van der Waals surface area contributed by atoms with Crippen LogP contribution in [0.5, 0.6) is 0 Å². The Morgan fingerprint density at radius 1 is 1.31 bits per heavy atom. The number of halogens is 1. The smallest absolute Gasteiger partial charge is 0.326 e. The van der Waals surface area contributed by atoms with Crippen LogP contribution in [0, 0.1) is 0 Å². The molecule has 0 aliphatic heterocycles. The van der Waals surface area contributed by atoms with Crippen molar-refractivity contribution >= 4 is 45.0 Å². The fourth-order valence-corrected chi connectivity index (χ4v) is 3.84. The highest BCUT2D eigenvalue weighted by molar-refractivity contribution is 7.16. The van der Waals surface area contributed by atoms with Gasteiger partial charge >= 0.3 is 5.97 Å². The second kappa shape index (κ2) is 7.84. The maximum Gasteiger partial charge on any atom is 0.326 e. The summed E-state index contributed by atoms with van der Waals surface area (Å²) in [6.07, 6.45) is 1.56. The number of benzene rings is 1. The number of hydrogen-bond acceptors (Lipinski definition) is 5. The molecule has 0 fully saturated rings. The number of esters is 1. The first-order chi connectivity index (χ1) is 12.5. The average Bonchev–Trinajstić information content (AvgIpc) is 3.20. The summed E-state index contributed by atoms with van der Waals surface area (Å²) in [6.45, 7) is 4.46. The third-order valence-corrected chi connectivity index (χ3v) is 4.95. The van der Waals surface area contributed by atoms with Gasteiger partial charge in [-0.2, -0.15) is 10.1 Å². The first-order valence-corrected chi connectivity index (χ1v) is 9.28. The number of rotatable bonds is 5. The summed E-state index contributed by atoms with van der Waals surface area (Å²) in [4.78, 5) is 29.2. The Kier molecular flexibility index (Phi) is 5.53. The number of hydrogen-bond donors (Lipinski definition) is 0. The van der Waals surface area contributed by atoms with Gasteiger partial charge < -0.3 is 9.30 Å². The summed E-state index contributed by atoms with van der Waals surface area (Å²) in [5.41, 5.74) is 1.16. The van der Waals surface area contributed by atoms with Crippen LogP contribution in [0.15, 0.2) is 35.5 Å². The first kappa shape index (κ1) is 18.3. The van der Waals surface area contributed by atoms with Crippen molar-refractivity contribution in [2.24, 2.45) is 4.99 Å². The molecule has 0 unspecified atom stereocenters. The van der Waals surface area contributed by atoms with Gasteiger partial charge in [0.1, 0.15) is 12.2 Å². The molecule has 3 rings (SSSR count). The van der Waals surface area contributed by atoms with E-state index in [1.807, 2.05) is 6.92 Å². The zero-order valence-corrected chi connectivity index (χ0v) is 15.9. The van der Waals surface area contributed by atoms with Crippen LogP contribution >= 0.6 is 22.9 Å². The normalized spacial score (nSPS) is 11.9. The Bertz CT molecular complexity index is 1030. The van der Waals surface area contributed by atoms with Crippen molar-refractivity contribution in [1.29, 1.82) is 0 Å². The van der Waals surface area contributed by atoms with Crippen LogP contribution in [-0.2, 0) is 22.6 Å². The van der Waals surface area contributed by atoms with Gasteiger partial charge in [0, 0.05) is 17.8 Å². The molecular formula is C17H17ClN4O3S. The molecule has 1 amide bonds. The van der Waals surface area contributed by atoms with Gasteiger partial charge in [-0.1, -0.05) is 22.9 Å². The SMILES string of the molecule is CCOC(=O)Cn1c(=NC(=O)c2ccnn2CC)sc2cc(Cl)ccc21. The Morgan fingerprint density at radius 2 is 2.12 bits per heavy atom. The number of amides is 1. The van der Waals surface area contributed by atoms with Crippen molar-refractivity contribution in [2.45, 2.75) is 26.9 Å². The van der Waals surface area contributed by atoms with Gasteiger partial charge in [0.15, 0.2) is 4.80 Å². The molecule has 26 heavy (non-hydrogen) atoms. The van der Waals surface area contributed by atoms with E-state index < -0.39 is 11.9 Å². The largest absolute Gasteiger partial charge is 0.465 e. The lowest BCUT2D eigenvalue weighted by molar-refractivity contribution is -0.143. The predicted molar refractivity (Wildman–Crippen MR) is 99.3 cm³/mol. The molecule has 3 aromatic rings. The number of aryl methyl sites for hydroxylation is 1. The quantitative estimate of drug-likeness (QED) is 0.625. The fourth-order valence-electron chi connectivity index (χ4n) is 2.53. The highest BCUT2D eigenvalue weighted by Gasteiger charge is 2.15. The van der Waals surface area contributed by atoms with Gasteiger partial charge in [0.2, 0.25) is 0 Å². The highest BCUT2D eigenvalue weighted by Crippen LogP contribution is 2.22. The van der Waals surface area contributed by atoms with E-state index >= 15 is 0 Å². The molecule has 1 aromatic carbocycles. The monoisotopic (exact) mass is 392 g/mol. The zero-order valence-electron chi connectivity index (χ0n) is 14.3. The number of nitrogens with zero attached hydrogens (tertiary/aromatic N) is 4. The van der Waals surface area contributed by atoms with Gasteiger partial charge in [-0.3, -0.25) is 14.3 Å². The molecule has 0 radical (unpaired) electrons. The summed E-state index contributed by atoms with van der Waals surface area (Å²) in [5, 5.41) is 4.66. The molecule has 0 N–H and O–H groups in total. The lowest BCUT2D eigenvalue weighted by Crippen LogP contribution is -2.23. The molecule has 2 aromatic heterocycles. The van der Waals surface area contributed by atoms with Gasteiger partial charge in [-0.05, 0) is 38.1 Å². The molecule has 0 aliphatic carbocycles. The van der Waals surface area contributed by atoms with Crippen molar-refractivity contribution < 1.29 is 14.3 Å². The van der Waals surface area contributed by atoms with E-state index in [0.29, 0.717) is 22.1 Å². The third-order valence-electron chi connectivity index (χ3n) is 3.67. The van der Waals surface area contributed by atoms with E-state index in [9.17, 15) is 9.59 Å². The van der Waals surface area contributed by atoms with E-state index in [-0.39, 0.29) is 13.2 Å². The minimum Gasteiger partial charge on any atom is -0.465 e. The molecule has 0 spiro atoms. The maximum atomic E-state index is 12.6. The van der Waals surface area contributed by atoms with Crippen molar-refractivity contribution in [2.75, 3.05) is 6.61 Å². The summed E-state index contributed by atoms with van der Waals surface area (Å²) in [6, 6.07) is 6.93. The molecule has 2 heterocycles. The van der Waals surface area contributed by atoms with Crippen LogP contribution < -0.4 is 4.80 Å². The number of carbonyl (C=O) groups excluding carboxylic acids is 2. The summed E-state index contributed by atoms with van der Waals surface area (Å²) >= 11 is 7.35. The first-order valence-electron chi connectivity index (χ1n) is 8.08. The van der Waals surface area contributed by atoms with Crippen molar-refractivity contribution in [3.63, 3.8) is 0 Å². The molecule has 0 atom stereocenters. The van der Waals surface area contributed by atoms with E-state index in [0.717, 1.165) is 10.2 Å². The van der Waals surface area contributed by atoms with Crippen LogP contribution in [0.3, 0.4) is 0 Å². The molecule has 7 nitrogen and oxygen atoms in total. The summed E-state index contributed by atoms with van der Waals surface area (Å²) < 4.78 is 9.11. The molecule has 0 saturated carbocycles. The second-order valence-corrected chi connectivity index (χ2v) is 6.78. The van der Waals surface area contributed by atoms with Crippen LogP contribution in [0.1, 0.15) is 24.3 Å². The van der Waals surface area contributed by atoms with Gasteiger partial charge in [0.25, 0.3) is 5.91 Å². The van der Waals surface area contributed by atoms with Crippen LogP contribution in [0.25, 0.3) is 10.2 Å². The highest BCUT2D eigenvalue weighted by atomic mass is 35.5. The Morgan fingerprint density at radius 3 is 2.85 bits per heavy atom. The van der Waals surface area contributed by atoms with Crippen LogP contribution in [0.2, 0.25) is 5.02 Å².